The summed E-state index contributed by atoms with van der Waals surface area (Å²) in [5, 5.41) is 99.6. The summed E-state index contributed by atoms with van der Waals surface area (Å²) in [4.78, 5) is 0. The van der Waals surface area contributed by atoms with Crippen LogP contribution in [0.4, 0.5) is 0 Å². The summed E-state index contributed by atoms with van der Waals surface area (Å²) in [6.45, 7) is -0.245. The molecule has 12 N–H and O–H groups in total. The average molecular weight is 445 g/mol. The molecule has 0 aliphatic rings. The van der Waals surface area contributed by atoms with Gasteiger partial charge < -0.3 is 61.7 Å². The molecule has 30 heavy (non-hydrogen) atoms. The van der Waals surface area contributed by atoms with Gasteiger partial charge >= 0.3 is 0 Å². The monoisotopic (exact) mass is 444 g/mol. The predicted molar refractivity (Wildman–Crippen MR) is 106 cm³/mol. The van der Waals surface area contributed by atoms with Crippen molar-refractivity contribution in [1.29, 1.82) is 0 Å². The third-order valence-electron chi connectivity index (χ3n) is 4.81. The minimum atomic E-state index is -1.64. The van der Waals surface area contributed by atoms with Gasteiger partial charge in [-0.05, 0) is 25.9 Å². The molecule has 0 aromatic rings. The summed E-state index contributed by atoms with van der Waals surface area (Å²) in [7, 11) is 0. The number of hydrogen-bond donors (Lipinski definition) is 12. The number of rotatable bonds is 19. The van der Waals surface area contributed by atoms with E-state index in [9.17, 15) is 40.9 Å². The Morgan fingerprint density at radius 2 is 0.733 bits per heavy atom. The van der Waals surface area contributed by atoms with Crippen molar-refractivity contribution in [3.63, 3.8) is 0 Å². The van der Waals surface area contributed by atoms with Crippen LogP contribution in [-0.4, -0.2) is 139 Å². The Balaban J connectivity index is 3.68. The number of aliphatic hydroxyl groups is 10. The second-order valence-electron chi connectivity index (χ2n) is 7.42. The molecule has 0 rings (SSSR count). The summed E-state index contributed by atoms with van der Waals surface area (Å²) in [5.41, 5.74) is 0. The molecule has 0 bridgehead atoms. The molecule has 12 heteroatoms. The zero-order valence-corrected chi connectivity index (χ0v) is 17.2. The van der Waals surface area contributed by atoms with Crippen LogP contribution in [0.2, 0.25) is 0 Å². The summed E-state index contributed by atoms with van der Waals surface area (Å²) >= 11 is 0. The van der Waals surface area contributed by atoms with E-state index in [1.54, 1.807) is 0 Å². The Hall–Kier alpha value is -0.480. The minimum absolute atomic E-state index is 0.0228. The van der Waals surface area contributed by atoms with Crippen LogP contribution in [0.3, 0.4) is 0 Å². The first-order chi connectivity index (χ1) is 14.2. The maximum atomic E-state index is 9.74. The van der Waals surface area contributed by atoms with E-state index < -0.39 is 62.0 Å². The molecular formula is C18H40N2O10. The first-order valence-corrected chi connectivity index (χ1v) is 10.2. The molecule has 0 unspecified atom stereocenters. The van der Waals surface area contributed by atoms with Crippen molar-refractivity contribution in [1.82, 2.24) is 10.6 Å². The smallest absolute Gasteiger partial charge is 0.111 e. The van der Waals surface area contributed by atoms with E-state index in [1.807, 2.05) is 0 Å². The van der Waals surface area contributed by atoms with Crippen molar-refractivity contribution in [2.75, 3.05) is 39.4 Å². The second kappa shape index (κ2) is 17.1. The molecule has 0 saturated carbocycles. The Morgan fingerprint density at radius 3 is 1.03 bits per heavy atom. The van der Waals surface area contributed by atoms with Crippen LogP contribution < -0.4 is 10.6 Å². The van der Waals surface area contributed by atoms with Crippen LogP contribution in [0, 0.1) is 0 Å². The van der Waals surface area contributed by atoms with E-state index in [-0.39, 0.29) is 13.1 Å². The Morgan fingerprint density at radius 1 is 0.433 bits per heavy atom. The quantitative estimate of drug-likeness (QED) is 0.0838. The van der Waals surface area contributed by atoms with Gasteiger partial charge in [-0.15, -0.1) is 0 Å². The summed E-state index contributed by atoms with van der Waals surface area (Å²) in [5.74, 6) is 0. The van der Waals surface area contributed by atoms with Crippen molar-refractivity contribution in [2.45, 2.75) is 74.5 Å². The van der Waals surface area contributed by atoms with Crippen molar-refractivity contribution in [3.8, 4) is 0 Å². The van der Waals surface area contributed by atoms with Gasteiger partial charge in [0.1, 0.15) is 36.6 Å². The molecular weight excluding hydrogens is 404 g/mol. The zero-order chi connectivity index (χ0) is 23.1. The lowest BCUT2D eigenvalue weighted by Gasteiger charge is -2.25. The Kier molecular flexibility index (Phi) is 16.8. The summed E-state index contributed by atoms with van der Waals surface area (Å²) < 4.78 is 0. The molecule has 0 amide bonds. The van der Waals surface area contributed by atoms with Gasteiger partial charge in [-0.25, -0.2) is 0 Å². The van der Waals surface area contributed by atoms with Crippen molar-refractivity contribution < 1.29 is 51.1 Å². The molecule has 0 spiro atoms. The molecule has 0 aromatic carbocycles. The molecule has 0 aliphatic heterocycles. The lowest BCUT2D eigenvalue weighted by Crippen LogP contribution is -2.49. The van der Waals surface area contributed by atoms with Gasteiger partial charge in [-0.2, -0.15) is 0 Å². The maximum absolute atomic E-state index is 9.74. The SMILES string of the molecule is OC[C@@H](O)[C@@H](O)[C@H](O)[C@@H](O)CNCCCCCCNC[C@H](O)[C@@H](O)[C@H](O)[C@H](O)CO. The number of aliphatic hydroxyl groups excluding tert-OH is 10. The highest BCUT2D eigenvalue weighted by molar-refractivity contribution is 4.82. The number of hydrogen-bond acceptors (Lipinski definition) is 12. The van der Waals surface area contributed by atoms with Gasteiger partial charge in [-0.3, -0.25) is 0 Å². The van der Waals surface area contributed by atoms with E-state index in [0.717, 1.165) is 25.7 Å². The van der Waals surface area contributed by atoms with E-state index in [0.29, 0.717) is 13.1 Å². The largest absolute Gasteiger partial charge is 0.394 e. The predicted octanol–water partition coefficient (Wildman–Crippen LogP) is -5.40. The highest BCUT2D eigenvalue weighted by atomic mass is 16.4. The van der Waals surface area contributed by atoms with Crippen LogP contribution in [-0.2, 0) is 0 Å². The first-order valence-electron chi connectivity index (χ1n) is 10.2. The molecule has 0 fully saturated rings. The lowest BCUT2D eigenvalue weighted by atomic mass is 10.0. The highest BCUT2D eigenvalue weighted by Crippen LogP contribution is 2.06. The van der Waals surface area contributed by atoms with E-state index >= 15 is 0 Å². The van der Waals surface area contributed by atoms with Gasteiger partial charge in [0.2, 0.25) is 0 Å². The molecule has 0 heterocycles. The molecule has 0 aliphatic carbocycles. The summed E-state index contributed by atoms with van der Waals surface area (Å²) in [6.07, 6.45) is -8.68. The van der Waals surface area contributed by atoms with Gasteiger partial charge in [0.05, 0.1) is 25.4 Å². The van der Waals surface area contributed by atoms with E-state index in [1.165, 1.54) is 0 Å². The first kappa shape index (κ1) is 29.5. The molecule has 8 atom stereocenters. The van der Waals surface area contributed by atoms with Crippen LogP contribution in [0.25, 0.3) is 0 Å². The topological polar surface area (TPSA) is 226 Å². The maximum Gasteiger partial charge on any atom is 0.111 e. The Labute approximate surface area is 176 Å². The number of unbranched alkanes of at least 4 members (excludes halogenated alkanes) is 3. The summed E-state index contributed by atoms with van der Waals surface area (Å²) in [6, 6.07) is 0. The Bertz CT molecular complexity index is 373. The average Bonchev–Trinajstić information content (AvgIpc) is 2.76. The third kappa shape index (κ3) is 11.8. The third-order valence-corrected chi connectivity index (χ3v) is 4.81. The van der Waals surface area contributed by atoms with Crippen LogP contribution >= 0.6 is 0 Å². The molecule has 182 valence electrons. The molecule has 0 saturated heterocycles. The number of nitrogens with one attached hydrogen (secondary N) is 2. The fourth-order valence-corrected chi connectivity index (χ4v) is 2.72. The van der Waals surface area contributed by atoms with Crippen molar-refractivity contribution in [3.05, 3.63) is 0 Å². The fraction of sp³-hybridized carbons (Fsp3) is 1.00. The molecule has 0 radical (unpaired) electrons. The standard InChI is InChI=1S/C18H40N2O10/c21-9-13(25)17(29)15(27)11(23)7-19-5-3-1-2-4-6-20-8-12(24)16(28)18(30)14(26)10-22/h11-30H,1-10H2/t11-,12-,13+,14+,15+,16+,17+,18+/m0/s1. The van der Waals surface area contributed by atoms with Crippen molar-refractivity contribution in [2.24, 2.45) is 0 Å². The highest BCUT2D eigenvalue weighted by Gasteiger charge is 2.30. The molecule has 0 aromatic heterocycles. The van der Waals surface area contributed by atoms with Crippen molar-refractivity contribution >= 4 is 0 Å². The van der Waals surface area contributed by atoms with E-state index in [2.05, 4.69) is 10.6 Å². The minimum Gasteiger partial charge on any atom is -0.394 e. The van der Waals surface area contributed by atoms with Gasteiger partial charge in [-0.1, -0.05) is 12.8 Å². The van der Waals surface area contributed by atoms with Crippen LogP contribution in [0.15, 0.2) is 0 Å². The fourth-order valence-electron chi connectivity index (χ4n) is 2.72. The lowest BCUT2D eigenvalue weighted by molar-refractivity contribution is -0.113. The normalized spacial score (nSPS) is 20.2. The van der Waals surface area contributed by atoms with Gasteiger partial charge in [0, 0.05) is 13.1 Å². The second-order valence-corrected chi connectivity index (χ2v) is 7.42. The van der Waals surface area contributed by atoms with Gasteiger partial charge in [0.15, 0.2) is 0 Å². The van der Waals surface area contributed by atoms with Crippen LogP contribution in [0.5, 0.6) is 0 Å². The van der Waals surface area contributed by atoms with E-state index in [4.69, 9.17) is 10.2 Å². The van der Waals surface area contributed by atoms with Crippen LogP contribution in [0.1, 0.15) is 25.7 Å². The molecule has 12 nitrogen and oxygen atoms in total. The zero-order valence-electron chi connectivity index (χ0n) is 17.2. The van der Waals surface area contributed by atoms with Gasteiger partial charge in [0.25, 0.3) is 0 Å².